The second-order valence-corrected chi connectivity index (χ2v) is 4.84. The maximum atomic E-state index is 6.01. The molecule has 0 fully saturated rings. The van der Waals surface area contributed by atoms with E-state index in [9.17, 15) is 0 Å². The van der Waals surface area contributed by atoms with Gasteiger partial charge in [0, 0.05) is 13.2 Å². The summed E-state index contributed by atoms with van der Waals surface area (Å²) in [5, 5.41) is 0. The fourth-order valence-corrected chi connectivity index (χ4v) is 1.56. The van der Waals surface area contributed by atoms with Crippen LogP contribution in [0.2, 0.25) is 0 Å². The molecule has 0 amide bonds. The van der Waals surface area contributed by atoms with Gasteiger partial charge in [0.2, 0.25) is 0 Å². The third-order valence-corrected chi connectivity index (χ3v) is 1.98. The van der Waals surface area contributed by atoms with Gasteiger partial charge in [0.15, 0.2) is 0 Å². The molecule has 0 aromatic heterocycles. The molecule has 2 atom stereocenters. The zero-order valence-electron chi connectivity index (χ0n) is 9.72. The first-order valence-electron chi connectivity index (χ1n) is 4.72. The number of hydrogen-bond acceptors (Lipinski definition) is 2. The molecule has 78 valence electrons. The van der Waals surface area contributed by atoms with Crippen LogP contribution < -0.4 is 5.73 Å². The molecule has 2 N–H and O–H groups in total. The van der Waals surface area contributed by atoms with Crippen LogP contribution in [0, 0.1) is 5.41 Å². The predicted molar refractivity (Wildman–Crippen MR) is 57.7 cm³/mol. The molecule has 0 aliphatic carbocycles. The molecule has 0 heterocycles. The topological polar surface area (TPSA) is 35.2 Å². The molecule has 0 spiro atoms. The van der Waals surface area contributed by atoms with Gasteiger partial charge in [0.05, 0.1) is 6.10 Å². The summed E-state index contributed by atoms with van der Waals surface area (Å²) in [6.45, 7) is 10.5. The van der Waals surface area contributed by atoms with Gasteiger partial charge in [-0.05, 0) is 19.3 Å². The molecule has 2 heteroatoms. The highest BCUT2D eigenvalue weighted by molar-refractivity contribution is 5.04. The van der Waals surface area contributed by atoms with Crippen molar-refractivity contribution in [2.75, 3.05) is 7.11 Å². The summed E-state index contributed by atoms with van der Waals surface area (Å²) in [5.74, 6) is 0. The van der Waals surface area contributed by atoms with Crippen molar-refractivity contribution in [1.29, 1.82) is 0 Å². The Kier molecular flexibility index (Phi) is 4.65. The molecule has 0 aromatic carbocycles. The van der Waals surface area contributed by atoms with Crippen molar-refractivity contribution in [2.24, 2.45) is 11.1 Å². The Morgan fingerprint density at radius 1 is 1.31 bits per heavy atom. The summed E-state index contributed by atoms with van der Waals surface area (Å²) in [6.07, 6.45) is 2.13. The van der Waals surface area contributed by atoms with E-state index in [-0.39, 0.29) is 17.6 Å². The summed E-state index contributed by atoms with van der Waals surface area (Å²) in [7, 11) is 1.72. The number of hydrogen-bond donors (Lipinski definition) is 1. The number of methoxy groups -OCH3 is 1. The van der Waals surface area contributed by atoms with Gasteiger partial charge in [-0.15, -0.1) is 0 Å². The summed E-state index contributed by atoms with van der Waals surface area (Å²) >= 11 is 0. The SMILES string of the molecule is COC(C(N)C=C(C)C)C(C)(C)C. The highest BCUT2D eigenvalue weighted by Gasteiger charge is 2.28. The molecule has 2 nitrogen and oxygen atoms in total. The van der Waals surface area contributed by atoms with E-state index in [1.807, 2.05) is 0 Å². The van der Waals surface area contributed by atoms with Crippen LogP contribution in [0.5, 0.6) is 0 Å². The summed E-state index contributed by atoms with van der Waals surface area (Å²) < 4.78 is 5.41. The first-order valence-corrected chi connectivity index (χ1v) is 4.72. The van der Waals surface area contributed by atoms with Crippen molar-refractivity contribution in [1.82, 2.24) is 0 Å². The molecule has 0 rings (SSSR count). The molecule has 0 saturated carbocycles. The van der Waals surface area contributed by atoms with Crippen molar-refractivity contribution in [3.8, 4) is 0 Å². The van der Waals surface area contributed by atoms with Crippen LogP contribution in [-0.4, -0.2) is 19.3 Å². The van der Waals surface area contributed by atoms with E-state index in [4.69, 9.17) is 10.5 Å². The molecule has 2 unspecified atom stereocenters. The summed E-state index contributed by atoms with van der Waals surface area (Å²) in [6, 6.07) is -0.0185. The van der Waals surface area contributed by atoms with E-state index in [0.717, 1.165) is 0 Å². The van der Waals surface area contributed by atoms with E-state index < -0.39 is 0 Å². The Morgan fingerprint density at radius 2 is 1.77 bits per heavy atom. The van der Waals surface area contributed by atoms with Gasteiger partial charge in [-0.25, -0.2) is 0 Å². The standard InChI is InChI=1S/C11H23NO/c1-8(2)7-9(12)10(13-6)11(3,4)5/h7,9-10H,12H2,1-6H3. The Morgan fingerprint density at radius 3 is 2.00 bits per heavy atom. The number of ether oxygens (including phenoxy) is 1. The quantitative estimate of drug-likeness (QED) is 0.685. The summed E-state index contributed by atoms with van der Waals surface area (Å²) in [4.78, 5) is 0. The van der Waals surface area contributed by atoms with Gasteiger partial charge in [0.25, 0.3) is 0 Å². The van der Waals surface area contributed by atoms with Crippen molar-refractivity contribution in [3.63, 3.8) is 0 Å². The lowest BCUT2D eigenvalue weighted by molar-refractivity contribution is 0.00817. The van der Waals surface area contributed by atoms with Crippen LogP contribution in [0.1, 0.15) is 34.6 Å². The molecule has 0 bridgehead atoms. The van der Waals surface area contributed by atoms with Gasteiger partial charge in [0.1, 0.15) is 0 Å². The van der Waals surface area contributed by atoms with Crippen molar-refractivity contribution in [2.45, 2.75) is 46.8 Å². The van der Waals surface area contributed by atoms with Gasteiger partial charge in [-0.2, -0.15) is 0 Å². The van der Waals surface area contributed by atoms with Crippen LogP contribution in [0.3, 0.4) is 0 Å². The molecular weight excluding hydrogens is 162 g/mol. The smallest absolute Gasteiger partial charge is 0.0806 e. The fourth-order valence-electron chi connectivity index (χ4n) is 1.56. The minimum atomic E-state index is -0.0185. The minimum absolute atomic E-state index is 0.0185. The normalized spacial score (nSPS) is 16.5. The number of allylic oxidation sites excluding steroid dienone is 1. The van der Waals surface area contributed by atoms with Crippen molar-refractivity contribution < 1.29 is 4.74 Å². The van der Waals surface area contributed by atoms with Gasteiger partial charge < -0.3 is 10.5 Å². The lowest BCUT2D eigenvalue weighted by Crippen LogP contribution is -2.43. The van der Waals surface area contributed by atoms with Crippen molar-refractivity contribution >= 4 is 0 Å². The number of rotatable bonds is 3. The molecule has 0 radical (unpaired) electrons. The zero-order valence-corrected chi connectivity index (χ0v) is 9.72. The van der Waals surface area contributed by atoms with E-state index >= 15 is 0 Å². The fraction of sp³-hybridized carbons (Fsp3) is 0.818. The van der Waals surface area contributed by atoms with Crippen LogP contribution >= 0.6 is 0 Å². The first-order chi connectivity index (χ1) is 5.79. The lowest BCUT2D eigenvalue weighted by Gasteiger charge is -2.32. The van der Waals surface area contributed by atoms with Gasteiger partial charge >= 0.3 is 0 Å². The highest BCUT2D eigenvalue weighted by atomic mass is 16.5. The molecule has 13 heavy (non-hydrogen) atoms. The Labute approximate surface area is 82.2 Å². The Balaban J connectivity index is 4.51. The third-order valence-electron chi connectivity index (χ3n) is 1.98. The lowest BCUT2D eigenvalue weighted by atomic mass is 9.84. The van der Waals surface area contributed by atoms with Crippen LogP contribution in [-0.2, 0) is 4.74 Å². The maximum Gasteiger partial charge on any atom is 0.0806 e. The van der Waals surface area contributed by atoms with Crippen molar-refractivity contribution in [3.05, 3.63) is 11.6 Å². The second kappa shape index (κ2) is 4.77. The van der Waals surface area contributed by atoms with E-state index in [1.54, 1.807) is 7.11 Å². The third kappa shape index (κ3) is 4.44. The Hall–Kier alpha value is -0.340. The molecular formula is C11H23NO. The van der Waals surface area contributed by atoms with Crippen LogP contribution in [0.15, 0.2) is 11.6 Å². The zero-order chi connectivity index (χ0) is 10.6. The average Bonchev–Trinajstić information content (AvgIpc) is 1.82. The monoisotopic (exact) mass is 185 g/mol. The average molecular weight is 185 g/mol. The highest BCUT2D eigenvalue weighted by Crippen LogP contribution is 2.24. The van der Waals surface area contributed by atoms with Crippen LogP contribution in [0.4, 0.5) is 0 Å². The molecule has 0 saturated heterocycles. The second-order valence-electron chi connectivity index (χ2n) is 4.84. The van der Waals surface area contributed by atoms with Crippen LogP contribution in [0.25, 0.3) is 0 Å². The van der Waals surface area contributed by atoms with Gasteiger partial charge in [-0.3, -0.25) is 0 Å². The largest absolute Gasteiger partial charge is 0.379 e. The van der Waals surface area contributed by atoms with Gasteiger partial charge in [-0.1, -0.05) is 32.4 Å². The number of nitrogens with two attached hydrogens (primary N) is 1. The first kappa shape index (κ1) is 12.7. The predicted octanol–water partition coefficient (Wildman–Crippen LogP) is 2.34. The maximum absolute atomic E-state index is 6.01. The van der Waals surface area contributed by atoms with E-state index in [1.165, 1.54) is 5.57 Å². The van der Waals surface area contributed by atoms with E-state index in [0.29, 0.717) is 0 Å². The molecule has 0 aromatic rings. The van der Waals surface area contributed by atoms with E-state index in [2.05, 4.69) is 40.7 Å². The molecule has 0 aliphatic rings. The molecule has 0 aliphatic heterocycles. The Bertz CT molecular complexity index is 175. The summed E-state index contributed by atoms with van der Waals surface area (Å²) in [5.41, 5.74) is 7.33. The minimum Gasteiger partial charge on any atom is -0.379 e.